The van der Waals surface area contributed by atoms with Gasteiger partial charge < -0.3 is 27.0 Å². The number of guanidine groups is 1. The Morgan fingerprint density at radius 1 is 1.05 bits per heavy atom. The summed E-state index contributed by atoms with van der Waals surface area (Å²) >= 11 is 1.41. The van der Waals surface area contributed by atoms with Crippen LogP contribution < -0.4 is 27.0 Å². The summed E-state index contributed by atoms with van der Waals surface area (Å²) in [6.45, 7) is 4.38. The van der Waals surface area contributed by atoms with Gasteiger partial charge in [-0.15, -0.1) is 11.8 Å². The van der Waals surface area contributed by atoms with Gasteiger partial charge in [0.2, 0.25) is 23.6 Å². The van der Waals surface area contributed by atoms with Crippen LogP contribution in [0.5, 0.6) is 0 Å². The Labute approximate surface area is 237 Å². The van der Waals surface area contributed by atoms with Crippen LogP contribution in [0, 0.1) is 11.8 Å². The maximum Gasteiger partial charge on any atom is 0.242 e. The van der Waals surface area contributed by atoms with Gasteiger partial charge >= 0.3 is 0 Å². The zero-order valence-electron chi connectivity index (χ0n) is 23.9. The molecular formula is C27H49N7O4S. The molecule has 1 saturated heterocycles. The molecule has 11 nitrogen and oxygen atoms in total. The number of likely N-dealkylation sites (tertiary alicyclic amines) is 1. The molecule has 12 heteroatoms. The highest BCUT2D eigenvalue weighted by Crippen LogP contribution is 2.32. The van der Waals surface area contributed by atoms with E-state index in [2.05, 4.69) is 33.2 Å². The molecular weight excluding hydrogens is 518 g/mol. The van der Waals surface area contributed by atoms with Gasteiger partial charge in [0, 0.05) is 58.4 Å². The van der Waals surface area contributed by atoms with Gasteiger partial charge in [-0.05, 0) is 50.9 Å². The van der Waals surface area contributed by atoms with Crippen LogP contribution in [0.4, 0.5) is 0 Å². The monoisotopic (exact) mass is 567 g/mol. The molecule has 4 amide bonds. The summed E-state index contributed by atoms with van der Waals surface area (Å²) in [6.07, 6.45) is 8.07. The summed E-state index contributed by atoms with van der Waals surface area (Å²) in [5.74, 6) is 1.19. The Morgan fingerprint density at radius 2 is 1.77 bits per heavy atom. The lowest BCUT2D eigenvalue weighted by molar-refractivity contribution is -0.139. The van der Waals surface area contributed by atoms with E-state index in [-0.39, 0.29) is 41.9 Å². The molecule has 39 heavy (non-hydrogen) atoms. The van der Waals surface area contributed by atoms with Crippen LogP contribution in [0.15, 0.2) is 4.99 Å². The molecule has 2 atom stereocenters. The lowest BCUT2D eigenvalue weighted by atomic mass is 9.81. The van der Waals surface area contributed by atoms with Crippen molar-refractivity contribution in [3.8, 4) is 0 Å². The highest BCUT2D eigenvalue weighted by atomic mass is 32.2. The number of nitrogens with zero attached hydrogens (tertiary/aromatic N) is 2. The molecule has 1 heterocycles. The average molecular weight is 568 g/mol. The first-order valence-corrected chi connectivity index (χ1v) is 15.5. The molecule has 1 saturated carbocycles. The van der Waals surface area contributed by atoms with Gasteiger partial charge in [-0.1, -0.05) is 19.8 Å². The van der Waals surface area contributed by atoms with Crippen molar-refractivity contribution in [2.45, 2.75) is 82.4 Å². The molecule has 2 rings (SSSR count). The minimum atomic E-state index is -0.596. The van der Waals surface area contributed by atoms with Gasteiger partial charge in [0.1, 0.15) is 0 Å². The van der Waals surface area contributed by atoms with Gasteiger partial charge in [0.05, 0.1) is 11.3 Å². The number of rotatable bonds is 16. The molecule has 6 N–H and O–H groups in total. The fourth-order valence-electron chi connectivity index (χ4n) is 5.02. The average Bonchev–Trinajstić information content (AvgIpc) is 3.21. The fraction of sp³-hybridized carbons (Fsp3) is 0.815. The van der Waals surface area contributed by atoms with Gasteiger partial charge in [-0.2, -0.15) is 0 Å². The van der Waals surface area contributed by atoms with Crippen molar-refractivity contribution < 1.29 is 19.2 Å². The Balaban J connectivity index is 1.62. The van der Waals surface area contributed by atoms with E-state index >= 15 is 0 Å². The Morgan fingerprint density at radius 3 is 2.44 bits per heavy atom. The number of hydrogen-bond acceptors (Lipinski definition) is 7. The van der Waals surface area contributed by atoms with Crippen molar-refractivity contribution in [3.63, 3.8) is 0 Å². The van der Waals surface area contributed by atoms with Crippen molar-refractivity contribution in [3.05, 3.63) is 0 Å². The van der Waals surface area contributed by atoms with Crippen molar-refractivity contribution >= 4 is 41.4 Å². The smallest absolute Gasteiger partial charge is 0.242 e. The number of nitrogens with two attached hydrogens (primary N) is 1. The molecule has 0 bridgehead atoms. The number of aliphatic imine (C=N–C) groups is 1. The summed E-state index contributed by atoms with van der Waals surface area (Å²) in [6, 6.07) is -0.596. The lowest BCUT2D eigenvalue weighted by Crippen LogP contribution is -2.42. The zero-order valence-corrected chi connectivity index (χ0v) is 24.7. The second-order valence-electron chi connectivity index (χ2n) is 10.4. The van der Waals surface area contributed by atoms with Gasteiger partial charge in [-0.25, -0.2) is 0 Å². The van der Waals surface area contributed by atoms with E-state index in [1.807, 2.05) is 0 Å². The van der Waals surface area contributed by atoms with Crippen LogP contribution in [-0.4, -0.2) is 91.8 Å². The molecule has 0 aromatic carbocycles. The highest BCUT2D eigenvalue weighted by molar-refractivity contribution is 8.00. The number of nitrogens with one attached hydrogen (secondary N) is 4. The van der Waals surface area contributed by atoms with E-state index in [1.54, 1.807) is 14.1 Å². The molecule has 0 spiro atoms. The van der Waals surface area contributed by atoms with Crippen molar-refractivity contribution in [1.29, 1.82) is 0 Å². The molecule has 2 unspecified atom stereocenters. The molecule has 2 fully saturated rings. The third kappa shape index (κ3) is 11.4. The van der Waals surface area contributed by atoms with Gasteiger partial charge in [0.15, 0.2) is 5.96 Å². The van der Waals surface area contributed by atoms with Crippen LogP contribution in [0.25, 0.3) is 0 Å². The first kappa shape index (κ1) is 32.9. The molecule has 1 aliphatic carbocycles. The van der Waals surface area contributed by atoms with Crippen LogP contribution in [0.3, 0.4) is 0 Å². The molecule has 1 aliphatic heterocycles. The topological polar surface area (TPSA) is 158 Å². The number of hydrogen-bond donors (Lipinski definition) is 5. The number of unbranched alkanes of at least 4 members (excludes halogenated alkanes) is 2. The molecule has 0 radical (unpaired) electrons. The quantitative estimate of drug-likeness (QED) is 0.0799. The highest BCUT2D eigenvalue weighted by Gasteiger charge is 2.40. The number of carbonyl (C=O) groups excluding carboxylic acids is 4. The second kappa shape index (κ2) is 18.1. The van der Waals surface area contributed by atoms with E-state index in [0.29, 0.717) is 37.8 Å². The first-order valence-electron chi connectivity index (χ1n) is 14.5. The zero-order chi connectivity index (χ0) is 28.6. The van der Waals surface area contributed by atoms with Crippen LogP contribution >= 0.6 is 11.8 Å². The summed E-state index contributed by atoms with van der Waals surface area (Å²) < 4.78 is 0. The first-order chi connectivity index (χ1) is 18.8. The van der Waals surface area contributed by atoms with Gasteiger partial charge in [-0.3, -0.25) is 29.1 Å². The maximum absolute atomic E-state index is 12.9. The maximum atomic E-state index is 12.9. The van der Waals surface area contributed by atoms with Crippen molar-refractivity contribution in [1.82, 2.24) is 26.2 Å². The number of thioether (sulfide) groups is 1. The Bertz CT molecular complexity index is 833. The van der Waals surface area contributed by atoms with E-state index in [9.17, 15) is 19.2 Å². The second-order valence-corrected chi connectivity index (χ2v) is 11.7. The molecule has 2 aliphatic rings. The predicted octanol–water partition coefficient (Wildman–Crippen LogP) is 0.978. The minimum absolute atomic E-state index is 0.0397. The summed E-state index contributed by atoms with van der Waals surface area (Å²) in [5.41, 5.74) is 5.99. The van der Waals surface area contributed by atoms with Crippen molar-refractivity contribution in [2.24, 2.45) is 22.6 Å². The van der Waals surface area contributed by atoms with Crippen LogP contribution in [0.2, 0.25) is 0 Å². The van der Waals surface area contributed by atoms with Crippen LogP contribution in [0.1, 0.15) is 71.1 Å². The third-order valence-electron chi connectivity index (χ3n) is 7.44. The summed E-state index contributed by atoms with van der Waals surface area (Å²) in [5, 5.41) is 11.5. The number of amides is 4. The largest absolute Gasteiger partial charge is 0.359 e. The Kier molecular flexibility index (Phi) is 15.2. The number of imide groups is 1. The van der Waals surface area contributed by atoms with Gasteiger partial charge in [0.25, 0.3) is 0 Å². The Hall–Kier alpha value is -2.34. The lowest BCUT2D eigenvalue weighted by Gasteiger charge is -2.30. The number of carbonyl (C=O) groups is 4. The normalized spacial score (nSPS) is 22.5. The van der Waals surface area contributed by atoms with Crippen molar-refractivity contribution in [2.75, 3.05) is 46.0 Å². The van der Waals surface area contributed by atoms with Crippen LogP contribution in [-0.2, 0) is 19.2 Å². The molecule has 222 valence electrons. The van der Waals surface area contributed by atoms with E-state index in [4.69, 9.17) is 5.73 Å². The SMILES string of the molecule is CCCCCNC(=O)C1CCC(CN2C(=O)CC(SCCNC(=O)C(N)CCCNC(=NC)NC)C2=O)CC1. The third-order valence-corrected chi connectivity index (χ3v) is 8.65. The fourth-order valence-corrected chi connectivity index (χ4v) is 6.05. The van der Waals surface area contributed by atoms with E-state index in [1.165, 1.54) is 16.7 Å². The molecule has 0 aromatic heterocycles. The standard InChI is InChI=1S/C27H49N7O4S/c1-4-5-6-13-31-24(36)20-11-9-19(10-12-20)18-34-23(35)17-22(26(34)38)39-16-15-32-25(37)21(28)8-7-14-33-27(29-2)30-3/h19-22H,4-18,28H2,1-3H3,(H,31,36)(H,32,37)(H2,29,30,33). The minimum Gasteiger partial charge on any atom is -0.359 e. The summed E-state index contributed by atoms with van der Waals surface area (Å²) in [4.78, 5) is 55.6. The van der Waals surface area contributed by atoms with E-state index < -0.39 is 11.3 Å². The molecule has 0 aromatic rings. The predicted molar refractivity (Wildman–Crippen MR) is 156 cm³/mol. The van der Waals surface area contributed by atoms with E-state index in [0.717, 1.165) is 57.9 Å². The summed E-state index contributed by atoms with van der Waals surface area (Å²) in [7, 11) is 3.47.